The highest BCUT2D eigenvalue weighted by atomic mass is 35.5. The topological polar surface area (TPSA) is 43.6 Å². The van der Waals surface area contributed by atoms with E-state index in [4.69, 9.17) is 16.3 Å². The maximum atomic E-state index is 11.0. The summed E-state index contributed by atoms with van der Waals surface area (Å²) in [7, 11) is 0. The van der Waals surface area contributed by atoms with E-state index < -0.39 is 0 Å². The van der Waals surface area contributed by atoms with E-state index >= 15 is 0 Å². The molecular weight excluding hydrogens is 276 g/mol. The number of para-hydroxylation sites is 1. The maximum Gasteiger partial charge on any atom is 0.153 e. The van der Waals surface area contributed by atoms with E-state index in [1.54, 1.807) is 18.2 Å². The number of carbonyl (C=O) groups excluding carboxylic acids is 1. The van der Waals surface area contributed by atoms with Gasteiger partial charge in [0, 0.05) is 12.4 Å². The minimum Gasteiger partial charge on any atom is -0.485 e. The fraction of sp³-hybridized carbons (Fsp3) is 0.0667. The first-order valence-corrected chi connectivity index (χ1v) is 6.45. The Morgan fingerprint density at radius 1 is 1.25 bits per heavy atom. The summed E-state index contributed by atoms with van der Waals surface area (Å²) < 4.78 is 7.54. The Hall–Kier alpha value is -2.33. The first-order chi connectivity index (χ1) is 9.78. The molecule has 0 atom stereocenters. The van der Waals surface area contributed by atoms with E-state index in [0.29, 0.717) is 16.3 Å². The van der Waals surface area contributed by atoms with Gasteiger partial charge in [-0.05, 0) is 24.3 Å². The molecule has 0 aliphatic rings. The van der Waals surface area contributed by atoms with Crippen molar-refractivity contribution < 1.29 is 9.53 Å². The van der Waals surface area contributed by atoms with Crippen LogP contribution in [-0.2, 0) is 6.61 Å². The van der Waals surface area contributed by atoms with Crippen molar-refractivity contribution in [2.75, 3.05) is 0 Å². The first-order valence-electron chi connectivity index (χ1n) is 6.07. The molecule has 1 aromatic carbocycles. The monoisotopic (exact) mass is 286 g/mol. The van der Waals surface area contributed by atoms with E-state index in [1.807, 2.05) is 35.0 Å². The zero-order chi connectivity index (χ0) is 13.9. The highest BCUT2D eigenvalue weighted by Crippen LogP contribution is 2.28. The number of nitrogens with zero attached hydrogens (tertiary/aromatic N) is 2. The van der Waals surface area contributed by atoms with Crippen molar-refractivity contribution >= 4 is 23.5 Å². The number of aromatic nitrogens is 2. The summed E-state index contributed by atoms with van der Waals surface area (Å²) in [6.45, 7) is 0.256. The van der Waals surface area contributed by atoms with Gasteiger partial charge in [-0.1, -0.05) is 23.7 Å². The lowest BCUT2D eigenvalue weighted by molar-refractivity contribution is 0.111. The lowest BCUT2D eigenvalue weighted by atomic mass is 10.2. The van der Waals surface area contributed by atoms with Crippen LogP contribution in [0.5, 0.6) is 5.75 Å². The number of pyridine rings is 1. The molecule has 0 unspecified atom stereocenters. The fourth-order valence-corrected chi connectivity index (χ4v) is 2.21. The molecule has 0 spiro atoms. The van der Waals surface area contributed by atoms with Crippen molar-refractivity contribution in [3.8, 4) is 5.75 Å². The molecule has 2 aromatic heterocycles. The minimum atomic E-state index is 0.256. The summed E-state index contributed by atoms with van der Waals surface area (Å²) in [5.41, 5.74) is 2.05. The van der Waals surface area contributed by atoms with Crippen LogP contribution >= 0.6 is 11.6 Å². The third-order valence-electron chi connectivity index (χ3n) is 2.90. The Morgan fingerprint density at radius 2 is 2.15 bits per heavy atom. The molecular formula is C15H11ClN2O2. The lowest BCUT2D eigenvalue weighted by Gasteiger charge is -2.08. The van der Waals surface area contributed by atoms with Crippen molar-refractivity contribution in [2.45, 2.75) is 6.61 Å². The van der Waals surface area contributed by atoms with Crippen LogP contribution in [0.15, 0.2) is 48.8 Å². The summed E-state index contributed by atoms with van der Waals surface area (Å²) in [4.78, 5) is 15.4. The molecule has 0 radical (unpaired) electrons. The van der Waals surface area contributed by atoms with Crippen molar-refractivity contribution in [1.29, 1.82) is 0 Å². The average Bonchev–Trinajstić information content (AvgIpc) is 2.88. The number of carbonyl (C=O) groups is 1. The van der Waals surface area contributed by atoms with Crippen molar-refractivity contribution in [3.05, 3.63) is 65.1 Å². The second-order valence-corrected chi connectivity index (χ2v) is 4.67. The van der Waals surface area contributed by atoms with Gasteiger partial charge in [0.15, 0.2) is 6.29 Å². The maximum absolute atomic E-state index is 11.0. The van der Waals surface area contributed by atoms with Gasteiger partial charge in [-0.2, -0.15) is 0 Å². The molecule has 0 amide bonds. The quantitative estimate of drug-likeness (QED) is 0.691. The number of imidazole rings is 1. The van der Waals surface area contributed by atoms with E-state index in [1.165, 1.54) is 0 Å². The van der Waals surface area contributed by atoms with Gasteiger partial charge in [-0.25, -0.2) is 4.98 Å². The van der Waals surface area contributed by atoms with E-state index in [9.17, 15) is 4.79 Å². The largest absolute Gasteiger partial charge is 0.485 e. The van der Waals surface area contributed by atoms with Crippen molar-refractivity contribution in [2.24, 2.45) is 0 Å². The molecule has 0 fully saturated rings. The molecule has 0 bridgehead atoms. The molecule has 0 aliphatic heterocycles. The van der Waals surface area contributed by atoms with Crippen LogP contribution in [0.1, 0.15) is 16.1 Å². The molecule has 5 heteroatoms. The second-order valence-electron chi connectivity index (χ2n) is 4.26. The van der Waals surface area contributed by atoms with Crippen LogP contribution in [0.3, 0.4) is 0 Å². The molecule has 2 heterocycles. The number of aldehydes is 1. The Balaban J connectivity index is 1.84. The SMILES string of the molecule is O=Cc1cccc(Cl)c1OCc1cn2ccccc2n1. The summed E-state index contributed by atoms with van der Waals surface area (Å²) in [5, 5.41) is 0.415. The number of rotatable bonds is 4. The Labute approximate surface area is 120 Å². The Kier molecular flexibility index (Phi) is 3.39. The molecule has 0 saturated carbocycles. The summed E-state index contributed by atoms with van der Waals surface area (Å²) >= 11 is 6.04. The molecule has 0 N–H and O–H groups in total. The van der Waals surface area contributed by atoms with Crippen LogP contribution in [-0.4, -0.2) is 15.7 Å². The van der Waals surface area contributed by atoms with Gasteiger partial charge in [0.2, 0.25) is 0 Å². The van der Waals surface area contributed by atoms with Crippen molar-refractivity contribution in [1.82, 2.24) is 9.38 Å². The molecule has 3 aromatic rings. The average molecular weight is 287 g/mol. The molecule has 0 saturated heterocycles. The third-order valence-corrected chi connectivity index (χ3v) is 3.20. The number of hydrogen-bond donors (Lipinski definition) is 0. The highest BCUT2D eigenvalue weighted by molar-refractivity contribution is 6.32. The molecule has 100 valence electrons. The summed E-state index contributed by atoms with van der Waals surface area (Å²) in [5.74, 6) is 0.390. The molecule has 3 rings (SSSR count). The van der Waals surface area contributed by atoms with Crippen LogP contribution in [0.2, 0.25) is 5.02 Å². The lowest BCUT2D eigenvalue weighted by Crippen LogP contribution is -1.99. The number of hydrogen-bond acceptors (Lipinski definition) is 3. The number of ether oxygens (including phenoxy) is 1. The zero-order valence-corrected chi connectivity index (χ0v) is 11.2. The number of fused-ring (bicyclic) bond motifs is 1. The summed E-state index contributed by atoms with van der Waals surface area (Å²) in [6.07, 6.45) is 4.52. The van der Waals surface area contributed by atoms with E-state index in [2.05, 4.69) is 4.98 Å². The number of benzene rings is 1. The van der Waals surface area contributed by atoms with Gasteiger partial charge < -0.3 is 9.14 Å². The van der Waals surface area contributed by atoms with Crippen LogP contribution in [0.25, 0.3) is 5.65 Å². The fourth-order valence-electron chi connectivity index (χ4n) is 1.97. The van der Waals surface area contributed by atoms with Gasteiger partial charge in [-0.3, -0.25) is 4.79 Å². The van der Waals surface area contributed by atoms with Gasteiger partial charge in [-0.15, -0.1) is 0 Å². The van der Waals surface area contributed by atoms with Crippen molar-refractivity contribution in [3.63, 3.8) is 0 Å². The van der Waals surface area contributed by atoms with E-state index in [0.717, 1.165) is 17.6 Å². The molecule has 20 heavy (non-hydrogen) atoms. The van der Waals surface area contributed by atoms with Gasteiger partial charge in [0.05, 0.1) is 16.3 Å². The van der Waals surface area contributed by atoms with Crippen LogP contribution in [0.4, 0.5) is 0 Å². The van der Waals surface area contributed by atoms with Crippen LogP contribution < -0.4 is 4.74 Å². The predicted molar refractivity (Wildman–Crippen MR) is 76.4 cm³/mol. The predicted octanol–water partition coefficient (Wildman–Crippen LogP) is 3.38. The first kappa shape index (κ1) is 12.7. The zero-order valence-electron chi connectivity index (χ0n) is 10.5. The van der Waals surface area contributed by atoms with Crippen LogP contribution in [0, 0.1) is 0 Å². The highest BCUT2D eigenvalue weighted by Gasteiger charge is 2.09. The van der Waals surface area contributed by atoms with Gasteiger partial charge in [0.1, 0.15) is 18.0 Å². The molecule has 4 nitrogen and oxygen atoms in total. The summed E-state index contributed by atoms with van der Waals surface area (Å²) in [6, 6.07) is 10.8. The normalized spacial score (nSPS) is 10.7. The minimum absolute atomic E-state index is 0.256. The smallest absolute Gasteiger partial charge is 0.153 e. The van der Waals surface area contributed by atoms with E-state index in [-0.39, 0.29) is 6.61 Å². The van der Waals surface area contributed by atoms with Gasteiger partial charge in [0.25, 0.3) is 0 Å². The second kappa shape index (κ2) is 5.35. The third kappa shape index (κ3) is 2.38. The Bertz CT molecular complexity index is 734. The van der Waals surface area contributed by atoms with Gasteiger partial charge >= 0.3 is 0 Å². The number of halogens is 1. The standard InChI is InChI=1S/C15H11ClN2O2/c16-13-5-3-4-11(9-19)15(13)20-10-12-8-18-7-2-1-6-14(18)17-12/h1-9H,10H2. The molecule has 0 aliphatic carbocycles. The Morgan fingerprint density at radius 3 is 2.95 bits per heavy atom.